The summed E-state index contributed by atoms with van der Waals surface area (Å²) < 4.78 is 5.62. The molecule has 1 aromatic heterocycles. The maximum absolute atomic E-state index is 6.00. The van der Waals surface area contributed by atoms with Crippen LogP contribution in [0.4, 0.5) is 0 Å². The highest BCUT2D eigenvalue weighted by Gasteiger charge is 2.43. The predicted molar refractivity (Wildman–Crippen MR) is 65.3 cm³/mol. The fraction of sp³-hybridized carbons (Fsp3) is 0.429. The summed E-state index contributed by atoms with van der Waals surface area (Å²) in [6.07, 6.45) is 4.35. The summed E-state index contributed by atoms with van der Waals surface area (Å²) in [7, 11) is 0. The number of para-hydroxylation sites is 1. The highest BCUT2D eigenvalue weighted by Crippen LogP contribution is 2.48. The van der Waals surface area contributed by atoms with Gasteiger partial charge in [0, 0.05) is 22.9 Å². The normalized spacial score (nSPS) is 19.9. The van der Waals surface area contributed by atoms with Gasteiger partial charge in [-0.15, -0.1) is 0 Å². The monoisotopic (exact) mass is 215 g/mol. The van der Waals surface area contributed by atoms with Gasteiger partial charge in [0.1, 0.15) is 5.58 Å². The van der Waals surface area contributed by atoms with Crippen LogP contribution in [-0.2, 0) is 5.41 Å². The molecule has 1 saturated carbocycles. The smallest absolute Gasteiger partial charge is 0.137 e. The molecular weight excluding hydrogens is 198 g/mol. The third kappa shape index (κ3) is 1.30. The molecule has 0 saturated heterocycles. The van der Waals surface area contributed by atoms with Gasteiger partial charge in [0.2, 0.25) is 0 Å². The molecule has 1 unspecified atom stereocenters. The van der Waals surface area contributed by atoms with E-state index in [0.717, 1.165) is 11.5 Å². The zero-order chi connectivity index (χ0) is 11.2. The molecule has 1 aliphatic rings. The van der Waals surface area contributed by atoms with Crippen LogP contribution in [0.5, 0.6) is 0 Å². The Morgan fingerprint density at radius 2 is 2.19 bits per heavy atom. The zero-order valence-corrected chi connectivity index (χ0v) is 9.57. The van der Waals surface area contributed by atoms with E-state index in [2.05, 4.69) is 25.1 Å². The van der Waals surface area contributed by atoms with E-state index in [0.29, 0.717) is 6.54 Å². The average molecular weight is 215 g/mol. The van der Waals surface area contributed by atoms with Crippen molar-refractivity contribution < 1.29 is 4.42 Å². The summed E-state index contributed by atoms with van der Waals surface area (Å²) >= 11 is 0. The van der Waals surface area contributed by atoms with Crippen LogP contribution in [0.1, 0.15) is 25.3 Å². The van der Waals surface area contributed by atoms with Crippen LogP contribution in [0.3, 0.4) is 0 Å². The van der Waals surface area contributed by atoms with Gasteiger partial charge < -0.3 is 10.2 Å². The zero-order valence-electron chi connectivity index (χ0n) is 9.57. The highest BCUT2D eigenvalue weighted by atomic mass is 16.3. The van der Waals surface area contributed by atoms with E-state index in [9.17, 15) is 0 Å². The number of hydrogen-bond donors (Lipinski definition) is 1. The molecule has 2 nitrogen and oxygen atoms in total. The van der Waals surface area contributed by atoms with Gasteiger partial charge in [-0.1, -0.05) is 25.1 Å². The number of nitrogens with two attached hydrogens (primary N) is 1. The maximum Gasteiger partial charge on any atom is 0.137 e. The van der Waals surface area contributed by atoms with E-state index < -0.39 is 0 Å². The minimum atomic E-state index is 0.0807. The second-order valence-corrected chi connectivity index (χ2v) is 5.04. The van der Waals surface area contributed by atoms with Crippen molar-refractivity contribution in [1.29, 1.82) is 0 Å². The van der Waals surface area contributed by atoms with Crippen LogP contribution in [0.15, 0.2) is 34.9 Å². The largest absolute Gasteiger partial charge is 0.464 e. The van der Waals surface area contributed by atoms with Crippen LogP contribution in [0.25, 0.3) is 11.0 Å². The molecule has 1 fully saturated rings. The third-order valence-corrected chi connectivity index (χ3v) is 4.00. The summed E-state index contributed by atoms with van der Waals surface area (Å²) in [5, 5.41) is 1.18. The molecule has 0 aliphatic heterocycles. The fourth-order valence-corrected chi connectivity index (χ4v) is 2.66. The Balaban J connectivity index is 2.19. The van der Waals surface area contributed by atoms with Crippen LogP contribution >= 0.6 is 0 Å². The summed E-state index contributed by atoms with van der Waals surface area (Å²) in [6, 6.07) is 8.37. The van der Waals surface area contributed by atoms with E-state index in [1.807, 2.05) is 6.07 Å². The average Bonchev–Trinajstić information content (AvgIpc) is 3.06. The van der Waals surface area contributed by atoms with Gasteiger partial charge >= 0.3 is 0 Å². The van der Waals surface area contributed by atoms with Crippen molar-refractivity contribution in [3.05, 3.63) is 36.1 Å². The Hall–Kier alpha value is -1.28. The first-order valence-corrected chi connectivity index (χ1v) is 5.92. The lowest BCUT2D eigenvalue weighted by Gasteiger charge is -2.28. The lowest BCUT2D eigenvalue weighted by Crippen LogP contribution is -2.34. The van der Waals surface area contributed by atoms with Crippen molar-refractivity contribution in [2.75, 3.05) is 6.54 Å². The molecule has 0 radical (unpaired) electrons. The van der Waals surface area contributed by atoms with E-state index in [1.165, 1.54) is 23.8 Å². The van der Waals surface area contributed by atoms with Gasteiger partial charge in [0.15, 0.2) is 0 Å². The minimum Gasteiger partial charge on any atom is -0.464 e. The van der Waals surface area contributed by atoms with E-state index in [-0.39, 0.29) is 5.41 Å². The van der Waals surface area contributed by atoms with Crippen molar-refractivity contribution in [2.45, 2.75) is 25.2 Å². The van der Waals surface area contributed by atoms with Crippen molar-refractivity contribution in [1.82, 2.24) is 0 Å². The second kappa shape index (κ2) is 3.36. The van der Waals surface area contributed by atoms with Crippen LogP contribution in [0, 0.1) is 5.92 Å². The van der Waals surface area contributed by atoms with E-state index in [4.69, 9.17) is 10.2 Å². The Morgan fingerprint density at radius 3 is 2.88 bits per heavy atom. The summed E-state index contributed by atoms with van der Waals surface area (Å²) in [6.45, 7) is 2.96. The van der Waals surface area contributed by atoms with Crippen LogP contribution in [-0.4, -0.2) is 6.54 Å². The lowest BCUT2D eigenvalue weighted by molar-refractivity contribution is 0.417. The van der Waals surface area contributed by atoms with Crippen molar-refractivity contribution in [3.8, 4) is 0 Å². The molecule has 1 aromatic carbocycles. The molecule has 0 bridgehead atoms. The Bertz CT molecular complexity index is 512. The molecule has 3 rings (SSSR count). The molecule has 0 spiro atoms. The van der Waals surface area contributed by atoms with Crippen molar-refractivity contribution in [3.63, 3.8) is 0 Å². The lowest BCUT2D eigenvalue weighted by atomic mass is 9.77. The third-order valence-electron chi connectivity index (χ3n) is 4.00. The van der Waals surface area contributed by atoms with Gasteiger partial charge in [-0.05, 0) is 24.8 Å². The van der Waals surface area contributed by atoms with Gasteiger partial charge in [-0.2, -0.15) is 0 Å². The number of fused-ring (bicyclic) bond motifs is 1. The second-order valence-electron chi connectivity index (χ2n) is 5.04. The van der Waals surface area contributed by atoms with Gasteiger partial charge in [-0.3, -0.25) is 0 Å². The topological polar surface area (TPSA) is 39.2 Å². The maximum atomic E-state index is 6.00. The van der Waals surface area contributed by atoms with Gasteiger partial charge in [-0.25, -0.2) is 0 Å². The molecule has 1 heterocycles. The van der Waals surface area contributed by atoms with E-state index >= 15 is 0 Å². The van der Waals surface area contributed by atoms with Crippen LogP contribution in [0.2, 0.25) is 0 Å². The standard InChI is InChI=1S/C14H17NO/c1-14(9-15,11-5-6-11)12-4-2-3-10-7-8-16-13(10)12/h2-4,7-8,11H,5-6,9,15H2,1H3. The molecule has 1 atom stereocenters. The molecule has 2 aromatic rings. The van der Waals surface area contributed by atoms with Gasteiger partial charge in [0.05, 0.1) is 6.26 Å². The highest BCUT2D eigenvalue weighted by molar-refractivity contribution is 5.81. The first kappa shape index (κ1) is 9.91. The summed E-state index contributed by atoms with van der Waals surface area (Å²) in [4.78, 5) is 0. The SMILES string of the molecule is CC(CN)(c1cccc2ccoc12)C1CC1. The summed E-state index contributed by atoms with van der Waals surface area (Å²) in [5.74, 6) is 0.730. The number of furan rings is 1. The van der Waals surface area contributed by atoms with E-state index in [1.54, 1.807) is 6.26 Å². The minimum absolute atomic E-state index is 0.0807. The van der Waals surface area contributed by atoms with Crippen molar-refractivity contribution in [2.24, 2.45) is 11.7 Å². The Morgan fingerprint density at radius 1 is 1.38 bits per heavy atom. The first-order valence-electron chi connectivity index (χ1n) is 5.92. The molecule has 1 aliphatic carbocycles. The quantitative estimate of drug-likeness (QED) is 0.854. The molecule has 16 heavy (non-hydrogen) atoms. The number of rotatable bonds is 3. The fourth-order valence-electron chi connectivity index (χ4n) is 2.66. The van der Waals surface area contributed by atoms with Crippen molar-refractivity contribution >= 4 is 11.0 Å². The molecular formula is C14H17NO. The predicted octanol–water partition coefficient (Wildman–Crippen LogP) is 3.06. The molecule has 0 amide bonds. The number of hydrogen-bond acceptors (Lipinski definition) is 2. The summed E-state index contributed by atoms with van der Waals surface area (Å²) in [5.41, 5.74) is 8.37. The molecule has 2 heteroatoms. The Kier molecular flexibility index (Phi) is 2.08. The molecule has 84 valence electrons. The first-order chi connectivity index (χ1) is 7.75. The Labute approximate surface area is 95.4 Å². The van der Waals surface area contributed by atoms with Gasteiger partial charge in [0.25, 0.3) is 0 Å². The molecule has 2 N–H and O–H groups in total. The van der Waals surface area contributed by atoms with Crippen LogP contribution < -0.4 is 5.73 Å². The number of benzene rings is 1.